The quantitative estimate of drug-likeness (QED) is 0.0628. The van der Waals surface area contributed by atoms with Gasteiger partial charge in [0.2, 0.25) is 0 Å². The summed E-state index contributed by atoms with van der Waals surface area (Å²) in [7, 11) is -24.0. The molecule has 186 valence electrons. The molecular formula is H9AlO24S3Si3. The van der Waals surface area contributed by atoms with E-state index in [-0.39, 0.29) is 17.4 Å². The zero-order chi connectivity index (χ0) is 26.4. The monoisotopic (exact) mass is 600 g/mol. The van der Waals surface area contributed by atoms with Gasteiger partial charge in [-0.1, -0.05) is 0 Å². The van der Waals surface area contributed by atoms with Gasteiger partial charge < -0.3 is 41.5 Å². The van der Waals surface area contributed by atoms with Crippen molar-refractivity contribution in [2.45, 2.75) is 0 Å². The standard InChI is InChI=1S/Al.3H2O4S.3HO4Si/c;3*1-5(2,3)4;3*1-4-5(2)3/h;3*(H2,1,2,3,4);3*1H/q+3;;;;3*-1. The smallest absolute Gasteiger partial charge is 0.478 e. The molecule has 0 unspecified atom stereocenters. The molecular weight excluding hydrogens is 591 g/mol. The molecule has 0 radical (unpaired) electrons. The Labute approximate surface area is 185 Å². The van der Waals surface area contributed by atoms with E-state index in [9.17, 15) is 0 Å². The summed E-state index contributed by atoms with van der Waals surface area (Å²) in [4.78, 5) is 26.9. The van der Waals surface area contributed by atoms with Crippen molar-refractivity contribution < 1.29 is 110 Å². The molecule has 0 aromatic heterocycles. The van der Waals surface area contributed by atoms with E-state index in [1.165, 1.54) is 0 Å². The van der Waals surface area contributed by atoms with Crippen LogP contribution < -0.4 is 14.4 Å². The van der Waals surface area contributed by atoms with E-state index in [1.807, 2.05) is 0 Å². The Morgan fingerprint density at radius 2 is 0.516 bits per heavy atom. The van der Waals surface area contributed by atoms with Gasteiger partial charge in [0.1, 0.15) is 0 Å². The maximum absolute atomic E-state index is 8.97. The minimum Gasteiger partial charge on any atom is -0.478 e. The van der Waals surface area contributed by atoms with Crippen molar-refractivity contribution in [3.05, 3.63) is 0 Å². The first-order valence-electron chi connectivity index (χ1n) is 4.48. The van der Waals surface area contributed by atoms with E-state index >= 15 is 0 Å². The van der Waals surface area contributed by atoms with Crippen LogP contribution in [0.3, 0.4) is 0 Å². The summed E-state index contributed by atoms with van der Waals surface area (Å²) in [6.45, 7) is 0. The van der Waals surface area contributed by atoms with Gasteiger partial charge in [-0.15, -0.1) is 0 Å². The minimum atomic E-state index is -4.67. The second-order valence-electron chi connectivity index (χ2n) is 2.37. The molecule has 0 atom stereocenters. The van der Waals surface area contributed by atoms with E-state index in [0.717, 1.165) is 0 Å². The first-order valence-corrected chi connectivity index (χ1v) is 12.3. The molecule has 0 aliphatic carbocycles. The van der Waals surface area contributed by atoms with Crippen LogP contribution in [-0.2, 0) is 58.3 Å². The average molecular weight is 600 g/mol. The van der Waals surface area contributed by atoms with Crippen LogP contribution in [0, 0.1) is 0 Å². The molecule has 31 heavy (non-hydrogen) atoms. The molecule has 0 fully saturated rings. The summed E-state index contributed by atoms with van der Waals surface area (Å²) >= 11 is 0. The Morgan fingerprint density at radius 1 is 0.484 bits per heavy atom. The summed E-state index contributed by atoms with van der Waals surface area (Å²) in [5.74, 6) is 0. The fourth-order valence-corrected chi connectivity index (χ4v) is 0. The van der Waals surface area contributed by atoms with Gasteiger partial charge in [0, 0.05) is 0 Å². The Balaban J connectivity index is -0.0000000443. The molecule has 0 aromatic carbocycles. The predicted molar refractivity (Wildman–Crippen MR) is 78.7 cm³/mol. The van der Waals surface area contributed by atoms with Crippen molar-refractivity contribution in [2.75, 3.05) is 0 Å². The Kier molecular flexibility index (Phi) is 41.3. The Morgan fingerprint density at radius 3 is 0.516 bits per heavy atom. The van der Waals surface area contributed by atoms with Gasteiger partial charge in [-0.05, 0) is 0 Å². The molecule has 0 spiro atoms. The van der Waals surface area contributed by atoms with Crippen LogP contribution in [0.1, 0.15) is 0 Å². The van der Waals surface area contributed by atoms with Crippen LogP contribution in [0.25, 0.3) is 0 Å². The summed E-state index contributed by atoms with van der Waals surface area (Å²) in [6, 6.07) is 0. The number of rotatable bonds is 3. The first kappa shape index (κ1) is 47.6. The third kappa shape index (κ3) is 878. The summed E-state index contributed by atoms with van der Waals surface area (Å²) in [5.41, 5.74) is 0. The van der Waals surface area contributed by atoms with Crippen molar-refractivity contribution in [3.8, 4) is 0 Å². The van der Waals surface area contributed by atoms with Crippen LogP contribution in [0.4, 0.5) is 0 Å². The largest absolute Gasteiger partial charge is 3.00 e. The third-order valence-electron chi connectivity index (χ3n) is 0.224. The molecule has 0 heterocycles. The molecule has 0 saturated carbocycles. The van der Waals surface area contributed by atoms with Gasteiger partial charge >= 0.3 is 76.1 Å². The molecule has 0 aliphatic heterocycles. The topological polar surface area (TPSA) is 433 Å². The summed E-state index contributed by atoms with van der Waals surface area (Å²) in [6.07, 6.45) is 0. The average Bonchev–Trinajstić information content (AvgIpc) is 2.43. The molecule has 31 heteroatoms. The van der Waals surface area contributed by atoms with Gasteiger partial charge in [0.05, 0.1) is 0 Å². The fourth-order valence-electron chi connectivity index (χ4n) is 0. The van der Waals surface area contributed by atoms with Gasteiger partial charge in [-0.2, -0.15) is 25.3 Å². The van der Waals surface area contributed by atoms with Crippen molar-refractivity contribution in [1.82, 2.24) is 0 Å². The molecule has 0 aromatic rings. The van der Waals surface area contributed by atoms with Crippen molar-refractivity contribution in [2.24, 2.45) is 0 Å². The van der Waals surface area contributed by atoms with Crippen molar-refractivity contribution in [3.63, 3.8) is 0 Å². The van der Waals surface area contributed by atoms with Crippen LogP contribution in [-0.4, -0.2) is 113 Å². The zero-order valence-electron chi connectivity index (χ0n) is 13.5. The summed E-state index contributed by atoms with van der Waals surface area (Å²) in [5, 5.41) is 21.2. The molecule has 0 rings (SSSR count). The van der Waals surface area contributed by atoms with Gasteiger partial charge in [-0.25, -0.2) is 0 Å². The third-order valence-corrected chi connectivity index (χ3v) is 0.671. The molecule has 9 N–H and O–H groups in total. The van der Waals surface area contributed by atoms with E-state index < -0.39 is 58.7 Å². The molecule has 0 amide bonds. The number of hydrogen-bond acceptors (Lipinski definition) is 18. The minimum absolute atomic E-state index is 0. The van der Waals surface area contributed by atoms with E-state index in [2.05, 4.69) is 13.7 Å². The van der Waals surface area contributed by atoms with E-state index in [1.54, 1.807) is 0 Å². The maximum atomic E-state index is 8.97. The molecule has 0 aliphatic rings. The second kappa shape index (κ2) is 26.9. The van der Waals surface area contributed by atoms with Crippen LogP contribution in [0.15, 0.2) is 0 Å². The van der Waals surface area contributed by atoms with Crippen LogP contribution in [0.2, 0.25) is 0 Å². The van der Waals surface area contributed by atoms with Crippen molar-refractivity contribution in [1.29, 1.82) is 0 Å². The summed E-state index contributed by atoms with van der Waals surface area (Å²) < 4.78 is 130. The van der Waals surface area contributed by atoms with Crippen LogP contribution >= 0.6 is 0 Å². The fraction of sp³-hybridized carbons (Fsp3) is 0. The van der Waals surface area contributed by atoms with Crippen molar-refractivity contribution >= 4 is 76.1 Å². The van der Waals surface area contributed by atoms with E-state index in [4.69, 9.17) is 96.1 Å². The number of hydrogen-bond donors (Lipinski definition) is 9. The second-order valence-corrected chi connectivity index (χ2v) is 7.10. The Hall–Kier alpha value is -1.13. The van der Waals surface area contributed by atoms with Gasteiger partial charge in [-0.3, -0.25) is 43.1 Å². The molecule has 0 saturated heterocycles. The van der Waals surface area contributed by atoms with Gasteiger partial charge in [0.15, 0.2) is 0 Å². The maximum Gasteiger partial charge on any atom is 3.00 e. The van der Waals surface area contributed by atoms with Crippen LogP contribution in [0.5, 0.6) is 0 Å². The molecule has 24 nitrogen and oxygen atoms in total. The Bertz CT molecular complexity index is 613. The first-order chi connectivity index (χ1) is 12.8. The normalized spacial score (nSPS) is 8.81. The zero-order valence-corrected chi connectivity index (χ0v) is 20.1. The SMILES string of the molecule is O=S(=O)(O)O.O=S(=O)(O)O.O=S(=O)(O)O.O=[Si]([O-])OO.O=[Si]([O-])OO.O=[Si]([O-])OO.[Al+3]. The van der Waals surface area contributed by atoms with Gasteiger partial charge in [0.25, 0.3) is 0 Å². The van der Waals surface area contributed by atoms with E-state index in [0.29, 0.717) is 0 Å². The molecule has 0 bridgehead atoms. The predicted octanol–water partition coefficient (Wildman–Crippen LogP) is -7.58.